The first kappa shape index (κ1) is 16.0. The van der Waals surface area contributed by atoms with E-state index in [1.165, 1.54) is 38.1 Å². The van der Waals surface area contributed by atoms with Gasteiger partial charge in [0.1, 0.15) is 11.6 Å². The molecule has 128 valence electrons. The summed E-state index contributed by atoms with van der Waals surface area (Å²) in [6.45, 7) is 4.24. The molecule has 1 aliphatic rings. The molecular weight excluding hydrogens is 315 g/mol. The average molecular weight is 336 g/mol. The van der Waals surface area contributed by atoms with Crippen LogP contribution in [0.25, 0.3) is 22.3 Å². The Morgan fingerprint density at radius 3 is 2.52 bits per heavy atom. The maximum atomic E-state index is 13.2. The highest BCUT2D eigenvalue weighted by Gasteiger charge is 2.12. The molecule has 2 aromatic carbocycles. The van der Waals surface area contributed by atoms with Gasteiger partial charge in [0.05, 0.1) is 5.52 Å². The first-order valence-electron chi connectivity index (χ1n) is 8.78. The predicted molar refractivity (Wildman–Crippen MR) is 99.1 cm³/mol. The van der Waals surface area contributed by atoms with Gasteiger partial charge in [0.2, 0.25) is 0 Å². The molecule has 4 nitrogen and oxygen atoms in total. The lowest BCUT2D eigenvalue weighted by Crippen LogP contribution is -2.26. The van der Waals surface area contributed by atoms with Crippen molar-refractivity contribution in [1.29, 1.82) is 0 Å². The fraction of sp³-hybridized carbons (Fsp3) is 0.300. The van der Waals surface area contributed by atoms with Crippen LogP contribution in [0.15, 0.2) is 48.5 Å². The molecule has 2 heterocycles. The normalized spacial score (nSPS) is 14.9. The molecule has 1 fully saturated rings. The van der Waals surface area contributed by atoms with Gasteiger partial charge < -0.3 is 10.2 Å². The van der Waals surface area contributed by atoms with Gasteiger partial charge in [-0.25, -0.2) is 14.4 Å². The zero-order valence-electron chi connectivity index (χ0n) is 14.1. The molecule has 0 aliphatic carbocycles. The lowest BCUT2D eigenvalue weighted by Gasteiger charge is -2.16. The molecule has 1 saturated heterocycles. The summed E-state index contributed by atoms with van der Waals surface area (Å²) in [6, 6.07) is 14.3. The monoisotopic (exact) mass is 336 g/mol. The van der Waals surface area contributed by atoms with E-state index >= 15 is 0 Å². The molecule has 3 aromatic rings. The number of fused-ring (bicyclic) bond motifs is 1. The Labute approximate surface area is 146 Å². The zero-order valence-corrected chi connectivity index (χ0v) is 14.1. The standard InChI is InChI=1S/C20H21FN4/c21-16-9-7-15(8-10-16)19-23-18-6-2-1-5-17(18)20(24-19)22-11-14-25-12-3-4-13-25/h1-2,5-10H,3-4,11-14H2,(H,22,23,24). The van der Waals surface area contributed by atoms with E-state index in [4.69, 9.17) is 4.98 Å². The number of likely N-dealkylation sites (tertiary alicyclic amines) is 1. The number of anilines is 1. The van der Waals surface area contributed by atoms with E-state index in [2.05, 4.69) is 15.2 Å². The molecule has 0 bridgehead atoms. The summed E-state index contributed by atoms with van der Waals surface area (Å²) in [7, 11) is 0. The topological polar surface area (TPSA) is 41.1 Å². The van der Waals surface area contributed by atoms with Crippen LogP contribution in [0, 0.1) is 5.82 Å². The van der Waals surface area contributed by atoms with E-state index in [0.29, 0.717) is 5.82 Å². The zero-order chi connectivity index (χ0) is 17.1. The van der Waals surface area contributed by atoms with Crippen molar-refractivity contribution in [1.82, 2.24) is 14.9 Å². The molecular formula is C20H21FN4. The Bertz CT molecular complexity index is 857. The third-order valence-corrected chi connectivity index (χ3v) is 4.62. The van der Waals surface area contributed by atoms with Crippen molar-refractivity contribution in [2.45, 2.75) is 12.8 Å². The minimum atomic E-state index is -0.256. The first-order chi connectivity index (χ1) is 12.3. The SMILES string of the molecule is Fc1ccc(-c2nc(NCCN3CCCC3)c3ccccc3n2)cc1. The molecule has 0 atom stereocenters. The van der Waals surface area contributed by atoms with Crippen molar-refractivity contribution in [2.75, 3.05) is 31.5 Å². The molecule has 1 aliphatic heterocycles. The lowest BCUT2D eigenvalue weighted by atomic mass is 10.2. The highest BCUT2D eigenvalue weighted by atomic mass is 19.1. The summed E-state index contributed by atoms with van der Waals surface area (Å²) in [5.41, 5.74) is 1.70. The van der Waals surface area contributed by atoms with E-state index in [9.17, 15) is 4.39 Å². The molecule has 0 spiro atoms. The van der Waals surface area contributed by atoms with Crippen LogP contribution in [-0.4, -0.2) is 41.0 Å². The number of hydrogen-bond donors (Lipinski definition) is 1. The van der Waals surface area contributed by atoms with Gasteiger partial charge in [-0.05, 0) is 62.3 Å². The lowest BCUT2D eigenvalue weighted by molar-refractivity contribution is 0.352. The number of benzene rings is 2. The first-order valence-corrected chi connectivity index (χ1v) is 8.78. The van der Waals surface area contributed by atoms with Crippen molar-refractivity contribution in [3.05, 3.63) is 54.3 Å². The van der Waals surface area contributed by atoms with Crippen LogP contribution >= 0.6 is 0 Å². The number of halogens is 1. The predicted octanol–water partition coefficient (Wildman–Crippen LogP) is 3.94. The molecule has 0 amide bonds. The fourth-order valence-corrected chi connectivity index (χ4v) is 3.28. The molecule has 5 heteroatoms. The largest absolute Gasteiger partial charge is 0.368 e. The number of nitrogens with zero attached hydrogens (tertiary/aromatic N) is 3. The summed E-state index contributed by atoms with van der Waals surface area (Å²) in [5.74, 6) is 1.19. The molecule has 4 rings (SSSR count). The van der Waals surface area contributed by atoms with Gasteiger partial charge in [-0.3, -0.25) is 0 Å². The van der Waals surface area contributed by atoms with E-state index in [-0.39, 0.29) is 5.82 Å². The Kier molecular flexibility index (Phi) is 4.57. The van der Waals surface area contributed by atoms with Crippen molar-refractivity contribution in [3.63, 3.8) is 0 Å². The second-order valence-corrected chi connectivity index (χ2v) is 6.40. The van der Waals surface area contributed by atoms with E-state index in [1.54, 1.807) is 12.1 Å². The van der Waals surface area contributed by atoms with Gasteiger partial charge in [0.15, 0.2) is 5.82 Å². The summed E-state index contributed by atoms with van der Waals surface area (Å²) in [4.78, 5) is 11.8. The second kappa shape index (κ2) is 7.15. The van der Waals surface area contributed by atoms with Gasteiger partial charge in [-0.1, -0.05) is 12.1 Å². The summed E-state index contributed by atoms with van der Waals surface area (Å²) < 4.78 is 13.2. The highest BCUT2D eigenvalue weighted by molar-refractivity contribution is 5.90. The maximum absolute atomic E-state index is 13.2. The Morgan fingerprint density at radius 1 is 0.960 bits per heavy atom. The second-order valence-electron chi connectivity index (χ2n) is 6.40. The van der Waals surface area contributed by atoms with Crippen LogP contribution in [0.5, 0.6) is 0 Å². The van der Waals surface area contributed by atoms with E-state index in [0.717, 1.165) is 35.4 Å². The smallest absolute Gasteiger partial charge is 0.162 e. The van der Waals surface area contributed by atoms with Crippen LogP contribution in [-0.2, 0) is 0 Å². The van der Waals surface area contributed by atoms with Gasteiger partial charge in [0.25, 0.3) is 0 Å². The molecule has 25 heavy (non-hydrogen) atoms. The minimum Gasteiger partial charge on any atom is -0.368 e. The van der Waals surface area contributed by atoms with Crippen LogP contribution in [0.3, 0.4) is 0 Å². The molecule has 0 saturated carbocycles. The van der Waals surface area contributed by atoms with E-state index < -0.39 is 0 Å². The number of hydrogen-bond acceptors (Lipinski definition) is 4. The molecule has 0 radical (unpaired) electrons. The van der Waals surface area contributed by atoms with Gasteiger partial charge in [-0.15, -0.1) is 0 Å². The van der Waals surface area contributed by atoms with Crippen molar-refractivity contribution in [3.8, 4) is 11.4 Å². The summed E-state index contributed by atoms with van der Waals surface area (Å²) >= 11 is 0. The number of rotatable bonds is 5. The van der Waals surface area contributed by atoms with Crippen LogP contribution in [0.4, 0.5) is 10.2 Å². The third kappa shape index (κ3) is 3.61. The van der Waals surface area contributed by atoms with Crippen LogP contribution < -0.4 is 5.32 Å². The minimum absolute atomic E-state index is 0.256. The Morgan fingerprint density at radius 2 is 1.72 bits per heavy atom. The fourth-order valence-electron chi connectivity index (χ4n) is 3.28. The highest BCUT2D eigenvalue weighted by Crippen LogP contribution is 2.25. The number of aromatic nitrogens is 2. The average Bonchev–Trinajstić information content (AvgIpc) is 3.15. The molecule has 0 unspecified atom stereocenters. The van der Waals surface area contributed by atoms with Crippen molar-refractivity contribution in [2.24, 2.45) is 0 Å². The molecule has 1 N–H and O–H groups in total. The third-order valence-electron chi connectivity index (χ3n) is 4.62. The molecule has 1 aromatic heterocycles. The van der Waals surface area contributed by atoms with E-state index in [1.807, 2.05) is 24.3 Å². The number of para-hydroxylation sites is 1. The Hall–Kier alpha value is -2.53. The van der Waals surface area contributed by atoms with Gasteiger partial charge in [-0.2, -0.15) is 0 Å². The summed E-state index contributed by atoms with van der Waals surface area (Å²) in [5, 5.41) is 4.48. The Balaban J connectivity index is 1.62. The van der Waals surface area contributed by atoms with Crippen molar-refractivity contribution >= 4 is 16.7 Å². The maximum Gasteiger partial charge on any atom is 0.162 e. The number of nitrogens with one attached hydrogen (secondary N) is 1. The summed E-state index contributed by atoms with van der Waals surface area (Å²) in [6.07, 6.45) is 2.59. The van der Waals surface area contributed by atoms with Crippen LogP contribution in [0.2, 0.25) is 0 Å². The van der Waals surface area contributed by atoms with Crippen molar-refractivity contribution < 1.29 is 4.39 Å². The quantitative estimate of drug-likeness (QED) is 0.766. The van der Waals surface area contributed by atoms with Gasteiger partial charge >= 0.3 is 0 Å². The van der Waals surface area contributed by atoms with Gasteiger partial charge in [0, 0.05) is 24.0 Å². The van der Waals surface area contributed by atoms with Crippen LogP contribution in [0.1, 0.15) is 12.8 Å².